The Morgan fingerprint density at radius 2 is 2.09 bits per heavy atom. The number of nitrogens with zero attached hydrogens (tertiary/aromatic N) is 1. The van der Waals surface area contributed by atoms with E-state index in [-0.39, 0.29) is 5.91 Å². The number of nitrogens with one attached hydrogen (secondary N) is 1. The Balaban J connectivity index is 1.54. The summed E-state index contributed by atoms with van der Waals surface area (Å²) in [5.41, 5.74) is 1.62. The van der Waals surface area contributed by atoms with Gasteiger partial charge in [-0.3, -0.25) is 4.79 Å². The number of thiophene rings is 1. The number of benzene rings is 1. The van der Waals surface area contributed by atoms with Gasteiger partial charge in [0.05, 0.1) is 23.5 Å². The molecule has 0 bridgehead atoms. The summed E-state index contributed by atoms with van der Waals surface area (Å²) in [6, 6.07) is 11.1. The topological polar surface area (TPSA) is 55.1 Å². The second-order valence-corrected chi connectivity index (χ2v) is 6.09. The van der Waals surface area contributed by atoms with Gasteiger partial charge >= 0.3 is 0 Å². The predicted octanol–water partition coefficient (Wildman–Crippen LogP) is 3.92. The standard InChI is InChI=1S/C16H13ClN2O2S/c17-12-5-3-11(4-6-12)8-15(20)18-9-13-10-21-16(19-13)14-2-1-7-22-14/h1-7,10H,8-9H2,(H,18,20). The van der Waals surface area contributed by atoms with Crippen molar-refractivity contribution in [1.29, 1.82) is 0 Å². The van der Waals surface area contributed by atoms with Crippen molar-refractivity contribution in [3.8, 4) is 10.8 Å². The number of oxazole rings is 1. The fraction of sp³-hybridized carbons (Fsp3) is 0.125. The van der Waals surface area contributed by atoms with Crippen LogP contribution in [0.2, 0.25) is 5.02 Å². The molecular formula is C16H13ClN2O2S. The van der Waals surface area contributed by atoms with Crippen LogP contribution in [0, 0.1) is 0 Å². The lowest BCUT2D eigenvalue weighted by Gasteiger charge is -2.03. The van der Waals surface area contributed by atoms with Crippen LogP contribution in [0.5, 0.6) is 0 Å². The summed E-state index contributed by atoms with van der Waals surface area (Å²) >= 11 is 7.38. The summed E-state index contributed by atoms with van der Waals surface area (Å²) in [6.07, 6.45) is 1.88. The van der Waals surface area contributed by atoms with E-state index in [0.717, 1.165) is 10.4 Å². The minimum Gasteiger partial charge on any atom is -0.443 e. The van der Waals surface area contributed by atoms with E-state index in [1.54, 1.807) is 29.7 Å². The number of aromatic nitrogens is 1. The molecule has 0 aliphatic heterocycles. The van der Waals surface area contributed by atoms with Crippen molar-refractivity contribution in [1.82, 2.24) is 10.3 Å². The van der Waals surface area contributed by atoms with Gasteiger partial charge < -0.3 is 9.73 Å². The van der Waals surface area contributed by atoms with Crippen LogP contribution in [0.25, 0.3) is 10.8 Å². The average molecular weight is 333 g/mol. The SMILES string of the molecule is O=C(Cc1ccc(Cl)cc1)NCc1coc(-c2cccs2)n1. The van der Waals surface area contributed by atoms with Crippen LogP contribution in [0.3, 0.4) is 0 Å². The summed E-state index contributed by atoms with van der Waals surface area (Å²) in [5, 5.41) is 5.46. The molecule has 0 saturated heterocycles. The second kappa shape index (κ2) is 6.77. The van der Waals surface area contributed by atoms with Gasteiger partial charge in [0.25, 0.3) is 0 Å². The number of hydrogen-bond acceptors (Lipinski definition) is 4. The number of amides is 1. The number of carbonyl (C=O) groups is 1. The molecule has 1 N–H and O–H groups in total. The molecule has 0 saturated carbocycles. The van der Waals surface area contributed by atoms with Crippen LogP contribution in [-0.2, 0) is 17.8 Å². The molecule has 3 aromatic rings. The maximum Gasteiger partial charge on any atom is 0.236 e. The van der Waals surface area contributed by atoms with Gasteiger partial charge in [-0.15, -0.1) is 11.3 Å². The van der Waals surface area contributed by atoms with Crippen molar-refractivity contribution >= 4 is 28.8 Å². The first-order chi connectivity index (χ1) is 10.7. The van der Waals surface area contributed by atoms with Gasteiger partial charge in [-0.25, -0.2) is 4.98 Å². The van der Waals surface area contributed by atoms with Crippen molar-refractivity contribution in [3.05, 3.63) is 64.3 Å². The normalized spacial score (nSPS) is 10.6. The number of carbonyl (C=O) groups excluding carboxylic acids is 1. The molecule has 6 heteroatoms. The van der Waals surface area contributed by atoms with E-state index >= 15 is 0 Å². The Bertz CT molecular complexity index is 751. The van der Waals surface area contributed by atoms with E-state index in [4.69, 9.17) is 16.0 Å². The third kappa shape index (κ3) is 3.75. The second-order valence-electron chi connectivity index (χ2n) is 4.70. The zero-order chi connectivity index (χ0) is 15.4. The van der Waals surface area contributed by atoms with E-state index in [9.17, 15) is 4.79 Å². The lowest BCUT2D eigenvalue weighted by Crippen LogP contribution is -2.24. The van der Waals surface area contributed by atoms with Crippen LogP contribution in [0.15, 0.2) is 52.5 Å². The van der Waals surface area contributed by atoms with Gasteiger partial charge in [-0.1, -0.05) is 29.8 Å². The third-order valence-corrected chi connectivity index (χ3v) is 4.14. The van der Waals surface area contributed by atoms with Crippen molar-refractivity contribution < 1.29 is 9.21 Å². The highest BCUT2D eigenvalue weighted by atomic mass is 35.5. The molecule has 1 aromatic carbocycles. The molecule has 0 radical (unpaired) electrons. The average Bonchev–Trinajstić information content (AvgIpc) is 3.18. The first-order valence-corrected chi connectivity index (χ1v) is 7.96. The van der Waals surface area contributed by atoms with Gasteiger partial charge in [0.1, 0.15) is 6.26 Å². The van der Waals surface area contributed by atoms with Crippen molar-refractivity contribution in [2.45, 2.75) is 13.0 Å². The molecule has 0 aliphatic rings. The van der Waals surface area contributed by atoms with Crippen LogP contribution >= 0.6 is 22.9 Å². The van der Waals surface area contributed by atoms with Crippen molar-refractivity contribution in [2.24, 2.45) is 0 Å². The molecule has 4 nitrogen and oxygen atoms in total. The van der Waals surface area contributed by atoms with Crippen LogP contribution < -0.4 is 5.32 Å². The summed E-state index contributed by atoms with van der Waals surface area (Å²) in [6.45, 7) is 0.349. The number of rotatable bonds is 5. The highest BCUT2D eigenvalue weighted by molar-refractivity contribution is 7.13. The van der Waals surface area contributed by atoms with E-state index < -0.39 is 0 Å². The smallest absolute Gasteiger partial charge is 0.236 e. The maximum atomic E-state index is 11.9. The molecule has 112 valence electrons. The van der Waals surface area contributed by atoms with Crippen molar-refractivity contribution in [3.63, 3.8) is 0 Å². The Labute approximate surface area is 136 Å². The summed E-state index contributed by atoms with van der Waals surface area (Å²) in [4.78, 5) is 17.2. The molecule has 0 aliphatic carbocycles. The van der Waals surface area contributed by atoms with Crippen LogP contribution in [-0.4, -0.2) is 10.9 Å². The Morgan fingerprint density at radius 3 is 2.82 bits per heavy atom. The highest BCUT2D eigenvalue weighted by Gasteiger charge is 2.09. The fourth-order valence-corrected chi connectivity index (χ4v) is 2.72. The zero-order valence-electron chi connectivity index (χ0n) is 11.6. The molecule has 0 fully saturated rings. The molecule has 2 heterocycles. The summed E-state index contributed by atoms with van der Waals surface area (Å²) in [7, 11) is 0. The van der Waals surface area contributed by atoms with Crippen LogP contribution in [0.1, 0.15) is 11.3 Å². The van der Waals surface area contributed by atoms with Gasteiger partial charge in [-0.05, 0) is 29.1 Å². The molecule has 2 aromatic heterocycles. The quantitative estimate of drug-likeness (QED) is 0.770. The monoisotopic (exact) mass is 332 g/mol. The zero-order valence-corrected chi connectivity index (χ0v) is 13.2. The molecular weight excluding hydrogens is 320 g/mol. The molecule has 1 amide bonds. The van der Waals surface area contributed by atoms with Crippen molar-refractivity contribution in [2.75, 3.05) is 0 Å². The minimum atomic E-state index is -0.0667. The molecule has 0 unspecified atom stereocenters. The molecule has 22 heavy (non-hydrogen) atoms. The Hall–Kier alpha value is -2.11. The van der Waals surface area contributed by atoms with E-state index in [2.05, 4.69) is 10.3 Å². The Morgan fingerprint density at radius 1 is 1.27 bits per heavy atom. The number of halogens is 1. The largest absolute Gasteiger partial charge is 0.443 e. The molecule has 3 rings (SSSR count). The van der Waals surface area contributed by atoms with Gasteiger partial charge in [0.15, 0.2) is 0 Å². The summed E-state index contributed by atoms with van der Waals surface area (Å²) < 4.78 is 5.41. The Kier molecular flexibility index (Phi) is 4.56. The lowest BCUT2D eigenvalue weighted by atomic mass is 10.1. The minimum absolute atomic E-state index is 0.0667. The third-order valence-electron chi connectivity index (χ3n) is 3.03. The highest BCUT2D eigenvalue weighted by Crippen LogP contribution is 2.23. The first-order valence-electron chi connectivity index (χ1n) is 6.70. The number of hydrogen-bond donors (Lipinski definition) is 1. The van der Waals surface area contributed by atoms with E-state index in [0.29, 0.717) is 29.6 Å². The fourth-order valence-electron chi connectivity index (χ4n) is 1.94. The van der Waals surface area contributed by atoms with Gasteiger partial charge in [-0.2, -0.15) is 0 Å². The van der Waals surface area contributed by atoms with Crippen LogP contribution in [0.4, 0.5) is 0 Å². The first kappa shape index (κ1) is 14.8. The predicted molar refractivity (Wildman–Crippen MR) is 86.8 cm³/mol. The van der Waals surface area contributed by atoms with Gasteiger partial charge in [0.2, 0.25) is 11.8 Å². The maximum absolute atomic E-state index is 11.9. The molecule has 0 spiro atoms. The molecule has 0 atom stereocenters. The van der Waals surface area contributed by atoms with Gasteiger partial charge in [0, 0.05) is 5.02 Å². The van der Waals surface area contributed by atoms with E-state index in [1.165, 1.54) is 0 Å². The van der Waals surface area contributed by atoms with E-state index in [1.807, 2.05) is 29.6 Å². The lowest BCUT2D eigenvalue weighted by molar-refractivity contribution is -0.120. The summed E-state index contributed by atoms with van der Waals surface area (Å²) in [5.74, 6) is 0.514.